The van der Waals surface area contributed by atoms with Crippen LogP contribution in [0.5, 0.6) is 0 Å². The molecule has 2 aromatic rings. The third kappa shape index (κ3) is 4.83. The quantitative estimate of drug-likeness (QED) is 0.667. The van der Waals surface area contributed by atoms with Crippen LogP contribution in [0.1, 0.15) is 53.5 Å². The maximum Gasteiger partial charge on any atom is 0.289 e. The van der Waals surface area contributed by atoms with Gasteiger partial charge in [-0.05, 0) is 56.9 Å². The standard InChI is InChI=1S/C21H22N2O4/c1-21(2,26)11-10-16-8-9-18(27-16)20(25)23-13-5-6-15(14-23)19(24)17-7-3-4-12-22-17/h3-4,7-9,12,15,26H,5-6,13-14H2,1-2H3. The van der Waals surface area contributed by atoms with Crippen molar-refractivity contribution in [1.82, 2.24) is 9.88 Å². The van der Waals surface area contributed by atoms with Gasteiger partial charge in [-0.15, -0.1) is 0 Å². The lowest BCUT2D eigenvalue weighted by molar-refractivity contribution is 0.0609. The number of ketones is 1. The molecule has 2 aromatic heterocycles. The Bertz CT molecular complexity index is 884. The zero-order valence-corrected chi connectivity index (χ0v) is 15.4. The lowest BCUT2D eigenvalue weighted by atomic mass is 9.92. The summed E-state index contributed by atoms with van der Waals surface area (Å²) in [6.07, 6.45) is 3.08. The second-order valence-corrected chi connectivity index (χ2v) is 7.14. The monoisotopic (exact) mass is 366 g/mol. The molecule has 0 saturated carbocycles. The van der Waals surface area contributed by atoms with E-state index < -0.39 is 5.60 Å². The topological polar surface area (TPSA) is 83.6 Å². The first kappa shape index (κ1) is 18.9. The summed E-state index contributed by atoms with van der Waals surface area (Å²) in [5.41, 5.74) is -0.706. The van der Waals surface area contributed by atoms with Crippen molar-refractivity contribution in [2.24, 2.45) is 5.92 Å². The van der Waals surface area contributed by atoms with E-state index in [0.717, 1.165) is 12.8 Å². The first-order chi connectivity index (χ1) is 12.8. The largest absolute Gasteiger partial charge is 0.443 e. The summed E-state index contributed by atoms with van der Waals surface area (Å²) in [7, 11) is 0. The number of pyridine rings is 1. The summed E-state index contributed by atoms with van der Waals surface area (Å²) in [6, 6.07) is 8.42. The van der Waals surface area contributed by atoms with E-state index in [4.69, 9.17) is 4.42 Å². The van der Waals surface area contributed by atoms with Gasteiger partial charge >= 0.3 is 0 Å². The van der Waals surface area contributed by atoms with E-state index in [9.17, 15) is 14.7 Å². The first-order valence-electron chi connectivity index (χ1n) is 8.93. The molecule has 1 atom stereocenters. The molecule has 140 valence electrons. The molecule has 0 aromatic carbocycles. The van der Waals surface area contributed by atoms with Gasteiger partial charge in [0.15, 0.2) is 17.3 Å². The normalized spacial score (nSPS) is 17.1. The van der Waals surface area contributed by atoms with Crippen LogP contribution in [-0.2, 0) is 0 Å². The van der Waals surface area contributed by atoms with Crippen LogP contribution in [0, 0.1) is 17.8 Å². The molecule has 1 aliphatic heterocycles. The Labute approximate surface area is 158 Å². The number of aliphatic hydroxyl groups is 1. The SMILES string of the molecule is CC(C)(O)C#Cc1ccc(C(=O)N2CCCC(C(=O)c3ccccn3)C2)o1. The van der Waals surface area contributed by atoms with E-state index in [2.05, 4.69) is 16.8 Å². The van der Waals surface area contributed by atoms with Crippen LogP contribution in [0.15, 0.2) is 40.9 Å². The molecule has 0 aliphatic carbocycles. The van der Waals surface area contributed by atoms with Crippen molar-refractivity contribution in [3.8, 4) is 11.8 Å². The number of hydrogen-bond acceptors (Lipinski definition) is 5. The van der Waals surface area contributed by atoms with Crippen molar-refractivity contribution >= 4 is 11.7 Å². The number of hydrogen-bond donors (Lipinski definition) is 1. The summed E-state index contributed by atoms with van der Waals surface area (Å²) in [5, 5.41) is 9.65. The van der Waals surface area contributed by atoms with Gasteiger partial charge in [0.25, 0.3) is 5.91 Å². The fraction of sp³-hybridized carbons (Fsp3) is 0.381. The van der Waals surface area contributed by atoms with Crippen molar-refractivity contribution in [3.05, 3.63) is 53.7 Å². The molecule has 1 unspecified atom stereocenters. The Morgan fingerprint density at radius 1 is 1.30 bits per heavy atom. The van der Waals surface area contributed by atoms with Gasteiger partial charge in [-0.1, -0.05) is 12.0 Å². The average molecular weight is 366 g/mol. The van der Waals surface area contributed by atoms with Crippen LogP contribution in [0.2, 0.25) is 0 Å². The average Bonchev–Trinajstić information content (AvgIpc) is 3.14. The minimum absolute atomic E-state index is 0.0377. The van der Waals surface area contributed by atoms with E-state index >= 15 is 0 Å². The number of rotatable bonds is 3. The molecule has 0 radical (unpaired) electrons. The molecule has 27 heavy (non-hydrogen) atoms. The third-order valence-electron chi connectivity index (χ3n) is 4.31. The summed E-state index contributed by atoms with van der Waals surface area (Å²) in [6.45, 7) is 4.07. The number of carbonyl (C=O) groups excluding carboxylic acids is 2. The molecule has 1 amide bonds. The number of likely N-dealkylation sites (tertiary alicyclic amines) is 1. The Morgan fingerprint density at radius 3 is 2.81 bits per heavy atom. The van der Waals surface area contributed by atoms with Crippen molar-refractivity contribution in [2.75, 3.05) is 13.1 Å². The summed E-state index contributed by atoms with van der Waals surface area (Å²) in [5.74, 6) is 5.30. The van der Waals surface area contributed by atoms with Crippen LogP contribution >= 0.6 is 0 Å². The van der Waals surface area contributed by atoms with Gasteiger partial charge in [-0.25, -0.2) is 0 Å². The molecule has 6 nitrogen and oxygen atoms in total. The smallest absolute Gasteiger partial charge is 0.289 e. The second-order valence-electron chi connectivity index (χ2n) is 7.14. The fourth-order valence-electron chi connectivity index (χ4n) is 2.98. The molecular formula is C21H22N2O4. The van der Waals surface area contributed by atoms with Gasteiger partial charge in [0, 0.05) is 25.2 Å². The highest BCUT2D eigenvalue weighted by Crippen LogP contribution is 2.22. The molecular weight excluding hydrogens is 344 g/mol. The minimum Gasteiger partial charge on any atom is -0.443 e. The molecule has 0 spiro atoms. The zero-order valence-electron chi connectivity index (χ0n) is 15.4. The van der Waals surface area contributed by atoms with Crippen LogP contribution in [-0.4, -0.2) is 45.4 Å². The van der Waals surface area contributed by atoms with Gasteiger partial charge < -0.3 is 14.4 Å². The van der Waals surface area contributed by atoms with E-state index in [1.807, 2.05) is 0 Å². The number of nitrogens with zero attached hydrogens (tertiary/aromatic N) is 2. The fourth-order valence-corrected chi connectivity index (χ4v) is 2.98. The van der Waals surface area contributed by atoms with Crippen molar-refractivity contribution < 1.29 is 19.1 Å². The highest BCUT2D eigenvalue weighted by molar-refractivity contribution is 5.97. The maximum absolute atomic E-state index is 12.7. The van der Waals surface area contributed by atoms with Gasteiger partial charge in [-0.3, -0.25) is 14.6 Å². The van der Waals surface area contributed by atoms with Crippen molar-refractivity contribution in [1.29, 1.82) is 0 Å². The van der Waals surface area contributed by atoms with Crippen molar-refractivity contribution in [2.45, 2.75) is 32.3 Å². The van der Waals surface area contributed by atoms with E-state index in [1.54, 1.807) is 55.3 Å². The maximum atomic E-state index is 12.7. The lowest BCUT2D eigenvalue weighted by Gasteiger charge is -2.31. The van der Waals surface area contributed by atoms with E-state index in [0.29, 0.717) is 24.5 Å². The minimum atomic E-state index is -1.14. The first-order valence-corrected chi connectivity index (χ1v) is 8.93. The second kappa shape index (κ2) is 7.77. The molecule has 0 bridgehead atoms. The number of amides is 1. The number of Topliss-reactive ketones (excluding diaryl/α,β-unsaturated/α-hetero) is 1. The molecule has 3 heterocycles. The summed E-state index contributed by atoms with van der Waals surface area (Å²) < 4.78 is 5.50. The number of furan rings is 1. The predicted octanol–water partition coefficient (Wildman–Crippen LogP) is 2.53. The molecule has 1 fully saturated rings. The molecule has 1 saturated heterocycles. The number of aromatic nitrogens is 1. The molecule has 6 heteroatoms. The van der Waals surface area contributed by atoms with Crippen LogP contribution < -0.4 is 0 Å². The zero-order chi connectivity index (χ0) is 19.4. The Kier molecular flexibility index (Phi) is 5.43. The van der Waals surface area contributed by atoms with Crippen LogP contribution in [0.3, 0.4) is 0 Å². The Hall–Kier alpha value is -2.91. The Morgan fingerprint density at radius 2 is 2.11 bits per heavy atom. The van der Waals surface area contributed by atoms with Gasteiger partial charge in [0.05, 0.1) is 0 Å². The highest BCUT2D eigenvalue weighted by Gasteiger charge is 2.31. The van der Waals surface area contributed by atoms with Crippen LogP contribution in [0.4, 0.5) is 0 Å². The van der Waals surface area contributed by atoms with Crippen molar-refractivity contribution in [3.63, 3.8) is 0 Å². The van der Waals surface area contributed by atoms with E-state index in [1.165, 1.54) is 0 Å². The Balaban J connectivity index is 1.69. The van der Waals surface area contributed by atoms with E-state index in [-0.39, 0.29) is 23.4 Å². The predicted molar refractivity (Wildman–Crippen MR) is 99.1 cm³/mol. The molecule has 1 N–H and O–H groups in total. The molecule has 1 aliphatic rings. The summed E-state index contributed by atoms with van der Waals surface area (Å²) >= 11 is 0. The third-order valence-corrected chi connectivity index (χ3v) is 4.31. The van der Waals surface area contributed by atoms with Gasteiger partial charge in [0.1, 0.15) is 11.3 Å². The van der Waals surface area contributed by atoms with Gasteiger partial charge in [-0.2, -0.15) is 0 Å². The van der Waals surface area contributed by atoms with Crippen LogP contribution in [0.25, 0.3) is 0 Å². The lowest BCUT2D eigenvalue weighted by Crippen LogP contribution is -2.42. The summed E-state index contributed by atoms with van der Waals surface area (Å²) in [4.78, 5) is 31.1. The number of carbonyl (C=O) groups is 2. The number of piperidine rings is 1. The molecule has 3 rings (SSSR count). The van der Waals surface area contributed by atoms with Gasteiger partial charge in [0.2, 0.25) is 0 Å². The highest BCUT2D eigenvalue weighted by atomic mass is 16.4.